The highest BCUT2D eigenvalue weighted by Crippen LogP contribution is 2.21. The summed E-state index contributed by atoms with van der Waals surface area (Å²) in [6.07, 6.45) is -0.538. The molecule has 2 aliphatic heterocycles. The normalized spacial score (nSPS) is 18.0. The van der Waals surface area contributed by atoms with Crippen LogP contribution in [0.2, 0.25) is 0 Å². The zero-order chi connectivity index (χ0) is 55.7. The Hall–Kier alpha value is -6.70. The third-order valence-corrected chi connectivity index (χ3v) is 12.3. The van der Waals surface area contributed by atoms with E-state index in [1.807, 2.05) is 0 Å². The summed E-state index contributed by atoms with van der Waals surface area (Å²) in [4.78, 5) is 168. The first-order valence-electron chi connectivity index (χ1n) is 23.9. The molecule has 9 amide bonds. The maximum Gasteiger partial charge on any atom is 0.326 e. The van der Waals surface area contributed by atoms with Crippen LogP contribution in [-0.2, 0) is 62.3 Å². The van der Waals surface area contributed by atoms with Gasteiger partial charge in [-0.1, -0.05) is 0 Å². The monoisotopic (exact) mass is 1070 g/mol. The number of aliphatic hydroxyl groups is 1. The topological polar surface area (TPSA) is 492 Å². The summed E-state index contributed by atoms with van der Waals surface area (Å²) in [7, 11) is 0. The lowest BCUT2D eigenvalue weighted by atomic mass is 10.1. The van der Waals surface area contributed by atoms with Crippen LogP contribution < -0.4 is 54.4 Å². The number of aliphatic carboxylic acids is 4. The average molecular weight is 1080 g/mol. The standard InChI is InChI=1S/C43H70N12O18S/c44-13-3-1-7-23(49-41(70)29-9-5-15-54(29)31(57)19-47-36(65)24(11-12-32(58)59)48-35(64)22(46)17-33(60)61)37(66)52-27(20-56)39(68)51-26(18-34(62)63)38(67)53-28(21-74)40(69)50-25(8-2-4-14-45)42(71)55-16-6-10-30(55)43(72)73/h22-30,56,74H,1-21,44-46H2,(H,47,65)(H,48,64)(H,49,70)(H,50,69)(H,51,68)(H,52,66)(H,53,67)(H,58,59)(H,60,61)(H,62,63)(H,72,73)/t22-,23-,24-,25-,26-,27-,28-,29-,30-/m0/s1. The van der Waals surface area contributed by atoms with Gasteiger partial charge in [0.05, 0.1) is 32.0 Å². The van der Waals surface area contributed by atoms with Crippen LogP contribution in [0.25, 0.3) is 0 Å². The number of likely N-dealkylation sites (tertiary alicyclic amines) is 2. The number of carboxylic acid groups (broad SMARTS) is 4. The quantitative estimate of drug-likeness (QED) is 0.0210. The molecule has 0 unspecified atom stereocenters. The molecule has 2 heterocycles. The Kier molecular flexibility index (Phi) is 27.8. The van der Waals surface area contributed by atoms with E-state index in [9.17, 15) is 77.6 Å². The second kappa shape index (κ2) is 32.5. The van der Waals surface area contributed by atoms with Crippen LogP contribution in [0.1, 0.15) is 89.9 Å². The summed E-state index contributed by atoms with van der Waals surface area (Å²) >= 11 is 4.12. The second-order valence-corrected chi connectivity index (χ2v) is 17.9. The van der Waals surface area contributed by atoms with Gasteiger partial charge in [0.15, 0.2) is 0 Å². The van der Waals surface area contributed by atoms with E-state index < -0.39 is 176 Å². The molecular weight excluding hydrogens is 1000 g/mol. The number of unbranched alkanes of at least 4 members (excludes halogenated alkanes) is 2. The molecule has 2 fully saturated rings. The van der Waals surface area contributed by atoms with Crippen molar-refractivity contribution in [2.75, 3.05) is 45.1 Å². The van der Waals surface area contributed by atoms with Gasteiger partial charge in [0.1, 0.15) is 48.3 Å². The van der Waals surface area contributed by atoms with E-state index in [1.165, 1.54) is 0 Å². The molecule has 74 heavy (non-hydrogen) atoms. The lowest BCUT2D eigenvalue weighted by molar-refractivity contribution is -0.149. The van der Waals surface area contributed by atoms with Gasteiger partial charge in [0, 0.05) is 25.3 Å². The van der Waals surface area contributed by atoms with Crippen LogP contribution >= 0.6 is 12.6 Å². The van der Waals surface area contributed by atoms with Crippen molar-refractivity contribution < 1.29 is 87.9 Å². The fourth-order valence-electron chi connectivity index (χ4n) is 7.95. The van der Waals surface area contributed by atoms with Gasteiger partial charge in [-0.05, 0) is 83.7 Å². The maximum atomic E-state index is 13.7. The minimum absolute atomic E-state index is 0.0143. The third kappa shape index (κ3) is 21.0. The fourth-order valence-corrected chi connectivity index (χ4v) is 8.21. The van der Waals surface area contributed by atoms with Crippen LogP contribution in [0, 0.1) is 0 Å². The summed E-state index contributed by atoms with van der Waals surface area (Å²) in [6.45, 7) is -1.28. The van der Waals surface area contributed by atoms with E-state index in [4.69, 9.17) is 27.4 Å². The third-order valence-electron chi connectivity index (χ3n) is 11.9. The Morgan fingerprint density at radius 1 is 0.541 bits per heavy atom. The summed E-state index contributed by atoms with van der Waals surface area (Å²) in [6, 6.07) is -13.4. The number of hydrogen-bond acceptors (Lipinski definition) is 18. The molecule has 2 rings (SSSR count). The predicted molar refractivity (Wildman–Crippen MR) is 258 cm³/mol. The van der Waals surface area contributed by atoms with Crippen molar-refractivity contribution in [3.63, 3.8) is 0 Å². The molecule has 18 N–H and O–H groups in total. The molecule has 0 aromatic rings. The smallest absolute Gasteiger partial charge is 0.326 e. The van der Waals surface area contributed by atoms with Gasteiger partial charge in [0.25, 0.3) is 0 Å². The molecule has 0 spiro atoms. The molecule has 31 heteroatoms. The van der Waals surface area contributed by atoms with Crippen LogP contribution in [0.3, 0.4) is 0 Å². The number of nitrogens with zero attached hydrogens (tertiary/aromatic N) is 2. The van der Waals surface area contributed by atoms with Crippen LogP contribution in [0.15, 0.2) is 0 Å². The van der Waals surface area contributed by atoms with E-state index in [-0.39, 0.29) is 58.3 Å². The predicted octanol–water partition coefficient (Wildman–Crippen LogP) is -6.60. The van der Waals surface area contributed by atoms with Gasteiger partial charge >= 0.3 is 23.9 Å². The summed E-state index contributed by atoms with van der Waals surface area (Å²) < 4.78 is 0. The van der Waals surface area contributed by atoms with Gasteiger partial charge < -0.3 is 89.8 Å². The van der Waals surface area contributed by atoms with Gasteiger partial charge in [-0.3, -0.25) is 57.5 Å². The highest BCUT2D eigenvalue weighted by Gasteiger charge is 2.40. The number of carbonyl (C=O) groups excluding carboxylic acids is 9. The van der Waals surface area contributed by atoms with Crippen molar-refractivity contribution in [2.24, 2.45) is 17.2 Å². The highest BCUT2D eigenvalue weighted by atomic mass is 32.1. The highest BCUT2D eigenvalue weighted by molar-refractivity contribution is 7.80. The maximum absolute atomic E-state index is 13.7. The number of nitrogens with two attached hydrogens (primary N) is 3. The minimum atomic E-state index is -1.93. The summed E-state index contributed by atoms with van der Waals surface area (Å²) in [5.74, 6) is -14.8. The van der Waals surface area contributed by atoms with Crippen LogP contribution in [0.5, 0.6) is 0 Å². The van der Waals surface area contributed by atoms with Crippen LogP contribution in [0.4, 0.5) is 0 Å². The second-order valence-electron chi connectivity index (χ2n) is 17.5. The molecule has 0 saturated carbocycles. The summed E-state index contributed by atoms with van der Waals surface area (Å²) in [5.41, 5.74) is 16.8. The van der Waals surface area contributed by atoms with Crippen molar-refractivity contribution in [1.82, 2.24) is 47.0 Å². The molecule has 30 nitrogen and oxygen atoms in total. The molecule has 0 radical (unpaired) electrons. The number of thiol groups is 1. The van der Waals surface area contributed by atoms with Crippen LogP contribution in [-0.4, -0.2) is 212 Å². The lowest BCUT2D eigenvalue weighted by Crippen LogP contribution is -2.61. The molecule has 2 aliphatic rings. The lowest BCUT2D eigenvalue weighted by Gasteiger charge is -2.29. The minimum Gasteiger partial charge on any atom is -0.481 e. The van der Waals surface area contributed by atoms with Gasteiger partial charge in [-0.15, -0.1) is 0 Å². The van der Waals surface area contributed by atoms with E-state index in [0.717, 1.165) is 9.80 Å². The van der Waals surface area contributed by atoms with E-state index >= 15 is 0 Å². The molecule has 2 saturated heterocycles. The molecule has 0 aromatic carbocycles. The first-order chi connectivity index (χ1) is 35.0. The number of carbonyl (C=O) groups is 13. The number of hydrogen-bond donors (Lipinski definition) is 16. The Morgan fingerprint density at radius 2 is 1.03 bits per heavy atom. The molecule has 0 aromatic heterocycles. The summed E-state index contributed by atoms with van der Waals surface area (Å²) in [5, 5.41) is 63.7. The number of aliphatic hydroxyl groups excluding tert-OH is 1. The van der Waals surface area contributed by atoms with Gasteiger partial charge in [-0.2, -0.15) is 12.6 Å². The fraction of sp³-hybridized carbons (Fsp3) is 0.698. The van der Waals surface area contributed by atoms with E-state index in [2.05, 4.69) is 49.8 Å². The average Bonchev–Trinajstić information content (AvgIpc) is 4.05. The van der Waals surface area contributed by atoms with Crippen molar-refractivity contribution in [1.29, 1.82) is 0 Å². The SMILES string of the molecule is NCCCC[C@H](NC(=O)[C@@H]1CCCN1C(=O)CNC(=O)[C@H](CCC(=O)O)NC(=O)[C@@H](N)CC(=O)O)C(=O)N[C@@H](CO)C(=O)N[C@@H](CC(=O)O)C(=O)N[C@@H](CS)C(=O)N[C@@H](CCCCN)C(=O)N1CCC[C@H]1C(=O)O. The molecule has 416 valence electrons. The number of carboxylic acids is 4. The molecule has 0 bridgehead atoms. The zero-order valence-corrected chi connectivity index (χ0v) is 41.6. The Labute approximate surface area is 430 Å². The van der Waals surface area contributed by atoms with Crippen molar-refractivity contribution in [2.45, 2.75) is 144 Å². The van der Waals surface area contributed by atoms with E-state index in [1.54, 1.807) is 0 Å². The molecule has 0 aliphatic carbocycles. The Balaban J connectivity index is 2.19. The number of nitrogens with one attached hydrogen (secondary N) is 7. The Bertz CT molecular complexity index is 2040. The Morgan fingerprint density at radius 3 is 1.58 bits per heavy atom. The largest absolute Gasteiger partial charge is 0.481 e. The zero-order valence-electron chi connectivity index (χ0n) is 40.7. The van der Waals surface area contributed by atoms with Crippen molar-refractivity contribution in [3.05, 3.63) is 0 Å². The van der Waals surface area contributed by atoms with Gasteiger partial charge in [0.2, 0.25) is 53.2 Å². The molecular formula is C43H70N12O18S. The van der Waals surface area contributed by atoms with E-state index in [0.29, 0.717) is 32.1 Å². The van der Waals surface area contributed by atoms with Crippen molar-refractivity contribution >= 4 is 89.7 Å². The van der Waals surface area contributed by atoms with Gasteiger partial charge in [-0.25, -0.2) is 4.79 Å². The first kappa shape index (κ1) is 63.4. The number of amides is 9. The first-order valence-corrected chi connectivity index (χ1v) is 24.6. The number of rotatable bonds is 34. The molecule has 9 atom stereocenters. The van der Waals surface area contributed by atoms with Crippen molar-refractivity contribution in [3.8, 4) is 0 Å².